The minimum atomic E-state index is -0.111. The molecule has 5 nitrogen and oxygen atoms in total. The summed E-state index contributed by atoms with van der Waals surface area (Å²) in [5.41, 5.74) is 0.550. The molecule has 1 fully saturated rings. The van der Waals surface area contributed by atoms with Crippen LogP contribution in [0.5, 0.6) is 5.75 Å². The maximum Gasteiger partial charge on any atom is 0.226 e. The third-order valence-electron chi connectivity index (χ3n) is 2.92. The van der Waals surface area contributed by atoms with Crippen LogP contribution in [-0.4, -0.2) is 38.8 Å². The number of hydrogen-bond acceptors (Lipinski definition) is 4. The van der Waals surface area contributed by atoms with E-state index in [0.29, 0.717) is 40.6 Å². The van der Waals surface area contributed by atoms with Crippen LogP contribution in [-0.2, 0) is 9.53 Å². The molecule has 7 heteroatoms. The van der Waals surface area contributed by atoms with Gasteiger partial charge in [0.1, 0.15) is 0 Å². The largest absolute Gasteiger partial charge is 0.493 e. The summed E-state index contributed by atoms with van der Waals surface area (Å²) in [6.07, 6.45) is 0.341. The second-order valence-electron chi connectivity index (χ2n) is 4.45. The lowest BCUT2D eigenvalue weighted by Gasteiger charge is -2.23. The molecule has 1 heterocycles. The van der Waals surface area contributed by atoms with Gasteiger partial charge in [0.15, 0.2) is 5.75 Å². The van der Waals surface area contributed by atoms with Gasteiger partial charge in [-0.05, 0) is 28.1 Å². The first-order valence-electron chi connectivity index (χ1n) is 6.24. The molecule has 1 aromatic carbocycles. The van der Waals surface area contributed by atoms with Gasteiger partial charge in [0.25, 0.3) is 0 Å². The molecule has 1 atom stereocenters. The van der Waals surface area contributed by atoms with E-state index in [-0.39, 0.29) is 11.9 Å². The number of nitrogens with one attached hydrogen (secondary N) is 2. The van der Waals surface area contributed by atoms with Crippen molar-refractivity contribution >= 4 is 39.1 Å². The van der Waals surface area contributed by atoms with Crippen molar-refractivity contribution < 1.29 is 14.3 Å². The smallest absolute Gasteiger partial charge is 0.226 e. The van der Waals surface area contributed by atoms with Crippen LogP contribution in [0.15, 0.2) is 16.6 Å². The van der Waals surface area contributed by atoms with Gasteiger partial charge in [-0.1, -0.05) is 11.6 Å². The Bertz CT molecular complexity index is 493. The third kappa shape index (κ3) is 4.09. The first-order chi connectivity index (χ1) is 9.60. The summed E-state index contributed by atoms with van der Waals surface area (Å²) in [6.45, 7) is 2.00. The second kappa shape index (κ2) is 7.26. The first-order valence-corrected chi connectivity index (χ1v) is 7.41. The molecule has 1 aliphatic rings. The zero-order valence-electron chi connectivity index (χ0n) is 11.0. The number of ether oxygens (including phenoxy) is 2. The van der Waals surface area contributed by atoms with Gasteiger partial charge in [0.05, 0.1) is 30.5 Å². The standard InChI is InChI=1S/C13H16BrClN2O3/c1-19-13-10(14)4-8(15)5-11(13)17-12(18)6-9-7-20-3-2-16-9/h4-5,9,16H,2-3,6-7H2,1H3,(H,17,18). The summed E-state index contributed by atoms with van der Waals surface area (Å²) >= 11 is 9.34. The number of morpholine rings is 1. The van der Waals surface area contributed by atoms with Crippen LogP contribution in [0.4, 0.5) is 5.69 Å². The number of hydrogen-bond donors (Lipinski definition) is 2. The van der Waals surface area contributed by atoms with Crippen LogP contribution in [0, 0.1) is 0 Å². The van der Waals surface area contributed by atoms with Crippen molar-refractivity contribution in [2.75, 3.05) is 32.2 Å². The van der Waals surface area contributed by atoms with E-state index >= 15 is 0 Å². The molecule has 2 rings (SSSR count). The molecule has 0 radical (unpaired) electrons. The normalized spacial score (nSPS) is 18.6. The predicted molar refractivity (Wildman–Crippen MR) is 81.6 cm³/mol. The zero-order chi connectivity index (χ0) is 14.5. The van der Waals surface area contributed by atoms with Crippen molar-refractivity contribution in [3.63, 3.8) is 0 Å². The van der Waals surface area contributed by atoms with E-state index in [1.54, 1.807) is 19.2 Å². The Balaban J connectivity index is 2.03. The van der Waals surface area contributed by atoms with Crippen LogP contribution in [0.2, 0.25) is 5.02 Å². The molecule has 0 saturated carbocycles. The fraction of sp³-hybridized carbons (Fsp3) is 0.462. The minimum absolute atomic E-state index is 0.0392. The third-order valence-corrected chi connectivity index (χ3v) is 3.72. The molecular formula is C13H16BrClN2O3. The molecule has 2 N–H and O–H groups in total. The number of methoxy groups -OCH3 is 1. The topological polar surface area (TPSA) is 59.6 Å². The van der Waals surface area contributed by atoms with Gasteiger partial charge < -0.3 is 20.1 Å². The molecule has 110 valence electrons. The van der Waals surface area contributed by atoms with Gasteiger partial charge in [-0.15, -0.1) is 0 Å². The quantitative estimate of drug-likeness (QED) is 0.862. The number of carbonyl (C=O) groups is 1. The summed E-state index contributed by atoms with van der Waals surface area (Å²) in [6, 6.07) is 3.41. The SMILES string of the molecule is COc1c(Br)cc(Cl)cc1NC(=O)CC1COCCN1. The summed E-state index contributed by atoms with van der Waals surface area (Å²) in [5, 5.41) is 6.57. The maximum atomic E-state index is 12.1. The molecule has 20 heavy (non-hydrogen) atoms. The molecule has 0 aliphatic carbocycles. The van der Waals surface area contributed by atoms with Crippen molar-refractivity contribution in [1.82, 2.24) is 5.32 Å². The van der Waals surface area contributed by atoms with Gasteiger partial charge in [0, 0.05) is 24.0 Å². The van der Waals surface area contributed by atoms with Crippen molar-refractivity contribution in [1.29, 1.82) is 0 Å². The Hall–Kier alpha value is -0.820. The van der Waals surface area contributed by atoms with Crippen LogP contribution in [0.25, 0.3) is 0 Å². The number of rotatable bonds is 4. The zero-order valence-corrected chi connectivity index (χ0v) is 13.4. The number of benzene rings is 1. The molecule has 1 saturated heterocycles. The highest BCUT2D eigenvalue weighted by Crippen LogP contribution is 2.36. The van der Waals surface area contributed by atoms with E-state index in [0.717, 1.165) is 6.54 Å². The Kier molecular flexibility index (Phi) is 5.65. The van der Waals surface area contributed by atoms with Crippen molar-refractivity contribution in [2.45, 2.75) is 12.5 Å². The molecule has 1 unspecified atom stereocenters. The molecule has 1 amide bonds. The summed E-state index contributed by atoms with van der Waals surface area (Å²) in [4.78, 5) is 12.1. The van der Waals surface area contributed by atoms with Crippen LogP contribution in [0.3, 0.4) is 0 Å². The van der Waals surface area contributed by atoms with Crippen molar-refractivity contribution in [3.05, 3.63) is 21.6 Å². The Morgan fingerprint density at radius 1 is 1.65 bits per heavy atom. The van der Waals surface area contributed by atoms with E-state index in [9.17, 15) is 4.79 Å². The Morgan fingerprint density at radius 3 is 3.10 bits per heavy atom. The molecule has 0 aromatic heterocycles. The second-order valence-corrected chi connectivity index (χ2v) is 5.74. The molecular weight excluding hydrogens is 348 g/mol. The average molecular weight is 364 g/mol. The van der Waals surface area contributed by atoms with Gasteiger partial charge in [-0.2, -0.15) is 0 Å². The van der Waals surface area contributed by atoms with E-state index in [4.69, 9.17) is 21.1 Å². The minimum Gasteiger partial charge on any atom is -0.493 e. The lowest BCUT2D eigenvalue weighted by molar-refractivity contribution is -0.117. The monoisotopic (exact) mass is 362 g/mol. The van der Waals surface area contributed by atoms with Crippen LogP contribution < -0.4 is 15.4 Å². The fourth-order valence-electron chi connectivity index (χ4n) is 2.04. The highest BCUT2D eigenvalue weighted by atomic mass is 79.9. The highest BCUT2D eigenvalue weighted by Gasteiger charge is 2.18. The maximum absolute atomic E-state index is 12.1. The summed E-state index contributed by atoms with van der Waals surface area (Å²) in [7, 11) is 1.54. The number of amides is 1. The van der Waals surface area contributed by atoms with Gasteiger partial charge in [-0.25, -0.2) is 0 Å². The Morgan fingerprint density at radius 2 is 2.45 bits per heavy atom. The fourth-order valence-corrected chi connectivity index (χ4v) is 3.01. The molecule has 1 aliphatic heterocycles. The average Bonchev–Trinajstić information content (AvgIpc) is 2.39. The molecule has 0 bridgehead atoms. The van der Waals surface area contributed by atoms with E-state index in [2.05, 4.69) is 26.6 Å². The number of anilines is 1. The van der Waals surface area contributed by atoms with Crippen LogP contribution in [0.1, 0.15) is 6.42 Å². The van der Waals surface area contributed by atoms with E-state index < -0.39 is 0 Å². The summed E-state index contributed by atoms with van der Waals surface area (Å²) in [5.74, 6) is 0.441. The lowest BCUT2D eigenvalue weighted by atomic mass is 10.2. The van der Waals surface area contributed by atoms with Gasteiger partial charge in [0.2, 0.25) is 5.91 Å². The van der Waals surface area contributed by atoms with Crippen LogP contribution >= 0.6 is 27.5 Å². The van der Waals surface area contributed by atoms with Gasteiger partial charge in [-0.3, -0.25) is 4.79 Å². The first kappa shape index (κ1) is 15.6. The Labute approximate surface area is 131 Å². The van der Waals surface area contributed by atoms with Gasteiger partial charge >= 0.3 is 0 Å². The van der Waals surface area contributed by atoms with E-state index in [1.165, 1.54) is 0 Å². The highest BCUT2D eigenvalue weighted by molar-refractivity contribution is 9.10. The van der Waals surface area contributed by atoms with Crippen molar-refractivity contribution in [2.24, 2.45) is 0 Å². The van der Waals surface area contributed by atoms with E-state index in [1.807, 2.05) is 0 Å². The van der Waals surface area contributed by atoms with Crippen molar-refractivity contribution in [3.8, 4) is 5.75 Å². The molecule has 1 aromatic rings. The summed E-state index contributed by atoms with van der Waals surface area (Å²) < 4.78 is 11.3. The number of carbonyl (C=O) groups excluding carboxylic acids is 1. The predicted octanol–water partition coefficient (Wildman–Crippen LogP) is 2.43. The molecule has 0 spiro atoms. The number of halogens is 2. The lowest BCUT2D eigenvalue weighted by Crippen LogP contribution is -2.43.